The van der Waals surface area contributed by atoms with Crippen LogP contribution in [-0.4, -0.2) is 24.9 Å². The standard InChI is InChI=1S/C33H25N5/c1-22-36-23(2)38-33(37-22)32-18-30(26-11-7-24(8-12-26)28-5-3-15-34-20-28)17-31(19-32)27-13-9-25(10-14-27)29-6-4-16-35-21-29/h3-21H,1-2H3. The Kier molecular flexibility index (Phi) is 6.24. The zero-order valence-corrected chi connectivity index (χ0v) is 21.2. The summed E-state index contributed by atoms with van der Waals surface area (Å²) >= 11 is 0. The van der Waals surface area contributed by atoms with Crippen molar-refractivity contribution in [2.75, 3.05) is 0 Å². The van der Waals surface area contributed by atoms with Gasteiger partial charge in [0.2, 0.25) is 0 Å². The molecule has 182 valence electrons. The van der Waals surface area contributed by atoms with E-state index in [4.69, 9.17) is 0 Å². The quantitative estimate of drug-likeness (QED) is 0.248. The van der Waals surface area contributed by atoms with E-state index in [2.05, 4.69) is 104 Å². The molecule has 38 heavy (non-hydrogen) atoms. The van der Waals surface area contributed by atoms with E-state index in [1.807, 2.05) is 38.4 Å². The first-order valence-corrected chi connectivity index (χ1v) is 12.5. The van der Waals surface area contributed by atoms with Gasteiger partial charge < -0.3 is 0 Å². The van der Waals surface area contributed by atoms with Gasteiger partial charge in [0.15, 0.2) is 5.82 Å². The van der Waals surface area contributed by atoms with E-state index >= 15 is 0 Å². The number of aromatic nitrogens is 5. The fraction of sp³-hybridized carbons (Fsp3) is 0.0606. The molecular weight excluding hydrogens is 466 g/mol. The minimum Gasteiger partial charge on any atom is -0.264 e. The normalized spacial score (nSPS) is 10.9. The molecule has 0 N–H and O–H groups in total. The maximum absolute atomic E-state index is 4.65. The Morgan fingerprint density at radius 2 is 0.789 bits per heavy atom. The van der Waals surface area contributed by atoms with Crippen LogP contribution in [0.1, 0.15) is 11.6 Å². The molecule has 0 saturated heterocycles. The van der Waals surface area contributed by atoms with Gasteiger partial charge in [-0.2, -0.15) is 0 Å². The average Bonchev–Trinajstić information content (AvgIpc) is 2.97. The molecule has 0 atom stereocenters. The molecule has 0 radical (unpaired) electrons. The molecule has 0 fully saturated rings. The number of benzene rings is 3. The highest BCUT2D eigenvalue weighted by atomic mass is 15.0. The monoisotopic (exact) mass is 491 g/mol. The largest absolute Gasteiger partial charge is 0.264 e. The molecule has 3 heterocycles. The van der Waals surface area contributed by atoms with Crippen molar-refractivity contribution < 1.29 is 0 Å². The third-order valence-electron chi connectivity index (χ3n) is 6.48. The molecule has 0 aliphatic heterocycles. The van der Waals surface area contributed by atoms with Crippen LogP contribution in [0.15, 0.2) is 116 Å². The Bertz CT molecular complexity index is 1570. The van der Waals surface area contributed by atoms with Crippen LogP contribution in [0, 0.1) is 13.8 Å². The summed E-state index contributed by atoms with van der Waals surface area (Å²) in [6.07, 6.45) is 7.35. The number of hydrogen-bond donors (Lipinski definition) is 0. The lowest BCUT2D eigenvalue weighted by Gasteiger charge is -2.12. The topological polar surface area (TPSA) is 64.5 Å². The highest BCUT2D eigenvalue weighted by Crippen LogP contribution is 2.33. The van der Waals surface area contributed by atoms with Crippen molar-refractivity contribution in [3.05, 3.63) is 127 Å². The van der Waals surface area contributed by atoms with Gasteiger partial charge in [0, 0.05) is 30.4 Å². The highest BCUT2D eigenvalue weighted by Gasteiger charge is 2.11. The summed E-state index contributed by atoms with van der Waals surface area (Å²) in [5, 5.41) is 0. The average molecular weight is 492 g/mol. The third kappa shape index (κ3) is 4.95. The predicted molar refractivity (Wildman–Crippen MR) is 152 cm³/mol. The second kappa shape index (κ2) is 10.1. The van der Waals surface area contributed by atoms with Crippen LogP contribution in [-0.2, 0) is 0 Å². The molecule has 5 heteroatoms. The van der Waals surface area contributed by atoms with Gasteiger partial charge in [-0.15, -0.1) is 0 Å². The lowest BCUT2D eigenvalue weighted by molar-refractivity contribution is 0.928. The number of aryl methyl sites for hydroxylation is 2. The van der Waals surface area contributed by atoms with Crippen LogP contribution in [0.3, 0.4) is 0 Å². The second-order valence-electron chi connectivity index (χ2n) is 9.19. The van der Waals surface area contributed by atoms with E-state index in [1.54, 1.807) is 12.4 Å². The van der Waals surface area contributed by atoms with Crippen molar-refractivity contribution in [3.63, 3.8) is 0 Å². The van der Waals surface area contributed by atoms with E-state index < -0.39 is 0 Å². The summed E-state index contributed by atoms with van der Waals surface area (Å²) in [5.41, 5.74) is 9.85. The summed E-state index contributed by atoms with van der Waals surface area (Å²) in [7, 11) is 0. The Morgan fingerprint density at radius 1 is 0.395 bits per heavy atom. The molecule has 6 aromatic rings. The third-order valence-corrected chi connectivity index (χ3v) is 6.48. The van der Waals surface area contributed by atoms with Crippen LogP contribution in [0.25, 0.3) is 55.9 Å². The molecule has 0 unspecified atom stereocenters. The SMILES string of the molecule is Cc1nc(C)nc(-c2cc(-c3ccc(-c4cccnc4)cc3)cc(-c3ccc(-c4cccnc4)cc3)c2)n1. The zero-order valence-electron chi connectivity index (χ0n) is 21.2. The van der Waals surface area contributed by atoms with Crippen molar-refractivity contribution >= 4 is 0 Å². The van der Waals surface area contributed by atoms with Gasteiger partial charge >= 0.3 is 0 Å². The number of pyridine rings is 2. The first kappa shape index (κ1) is 23.4. The van der Waals surface area contributed by atoms with Crippen LogP contribution in [0.2, 0.25) is 0 Å². The van der Waals surface area contributed by atoms with Gasteiger partial charge in [-0.25, -0.2) is 15.0 Å². The molecular formula is C33H25N5. The lowest BCUT2D eigenvalue weighted by atomic mass is 9.94. The molecule has 3 aromatic carbocycles. The van der Waals surface area contributed by atoms with Gasteiger partial charge in [0.25, 0.3) is 0 Å². The Morgan fingerprint density at radius 3 is 1.18 bits per heavy atom. The van der Waals surface area contributed by atoms with Crippen LogP contribution in [0.4, 0.5) is 0 Å². The maximum Gasteiger partial charge on any atom is 0.163 e. The fourth-order valence-corrected chi connectivity index (χ4v) is 4.61. The van der Waals surface area contributed by atoms with Gasteiger partial charge in [0.1, 0.15) is 11.6 Å². The molecule has 0 amide bonds. The molecule has 3 aromatic heterocycles. The zero-order chi connectivity index (χ0) is 25.9. The van der Waals surface area contributed by atoms with E-state index in [9.17, 15) is 0 Å². The van der Waals surface area contributed by atoms with E-state index in [1.165, 1.54) is 0 Å². The maximum atomic E-state index is 4.65. The van der Waals surface area contributed by atoms with Crippen molar-refractivity contribution in [3.8, 4) is 55.9 Å². The molecule has 0 aliphatic carbocycles. The minimum atomic E-state index is 0.678. The minimum absolute atomic E-state index is 0.678. The van der Waals surface area contributed by atoms with E-state index in [0.717, 1.165) is 50.1 Å². The smallest absolute Gasteiger partial charge is 0.163 e. The summed E-state index contributed by atoms with van der Waals surface area (Å²) in [5.74, 6) is 2.10. The Labute approximate surface area is 222 Å². The van der Waals surface area contributed by atoms with Crippen molar-refractivity contribution in [2.24, 2.45) is 0 Å². The van der Waals surface area contributed by atoms with Gasteiger partial charge in [0.05, 0.1) is 0 Å². The Hall–Kier alpha value is -5.03. The van der Waals surface area contributed by atoms with Crippen molar-refractivity contribution in [1.29, 1.82) is 0 Å². The summed E-state index contributed by atoms with van der Waals surface area (Å²) in [6.45, 7) is 3.80. The summed E-state index contributed by atoms with van der Waals surface area (Å²) < 4.78 is 0. The molecule has 0 bridgehead atoms. The lowest BCUT2D eigenvalue weighted by Crippen LogP contribution is -1.99. The number of nitrogens with zero attached hydrogens (tertiary/aromatic N) is 5. The van der Waals surface area contributed by atoms with E-state index in [-0.39, 0.29) is 0 Å². The molecule has 6 rings (SSSR count). The molecule has 5 nitrogen and oxygen atoms in total. The summed E-state index contributed by atoms with van der Waals surface area (Å²) in [4.78, 5) is 22.2. The van der Waals surface area contributed by atoms with Crippen LogP contribution < -0.4 is 0 Å². The van der Waals surface area contributed by atoms with Crippen LogP contribution >= 0.6 is 0 Å². The molecule has 0 saturated carbocycles. The van der Waals surface area contributed by atoms with Crippen molar-refractivity contribution in [1.82, 2.24) is 24.9 Å². The first-order valence-electron chi connectivity index (χ1n) is 12.5. The number of rotatable bonds is 5. The first-order chi connectivity index (χ1) is 18.6. The predicted octanol–water partition coefficient (Wildman–Crippen LogP) is 7.61. The van der Waals surface area contributed by atoms with Crippen LogP contribution in [0.5, 0.6) is 0 Å². The van der Waals surface area contributed by atoms with Crippen molar-refractivity contribution in [2.45, 2.75) is 13.8 Å². The highest BCUT2D eigenvalue weighted by molar-refractivity contribution is 5.81. The van der Waals surface area contributed by atoms with Gasteiger partial charge in [-0.1, -0.05) is 60.7 Å². The second-order valence-corrected chi connectivity index (χ2v) is 9.19. The summed E-state index contributed by atoms with van der Waals surface area (Å²) in [6, 6.07) is 31.7. The molecule has 0 spiro atoms. The number of hydrogen-bond acceptors (Lipinski definition) is 5. The molecule has 0 aliphatic rings. The van der Waals surface area contributed by atoms with Gasteiger partial charge in [-0.05, 0) is 88.7 Å². The Balaban J connectivity index is 1.44. The van der Waals surface area contributed by atoms with E-state index in [0.29, 0.717) is 17.5 Å². The van der Waals surface area contributed by atoms with Gasteiger partial charge in [-0.3, -0.25) is 9.97 Å². The fourth-order valence-electron chi connectivity index (χ4n) is 4.61.